The van der Waals surface area contributed by atoms with Crippen LogP contribution >= 0.6 is 0 Å². The molecular weight excluding hydrogens is 322 g/mol. The van der Waals surface area contributed by atoms with Crippen molar-refractivity contribution in [3.05, 3.63) is 102 Å². The molecule has 0 radical (unpaired) electrons. The number of rotatable bonds is 7. The third-order valence-electron chi connectivity index (χ3n) is 4.45. The van der Waals surface area contributed by atoms with Gasteiger partial charge < -0.3 is 10.1 Å². The predicted molar refractivity (Wildman–Crippen MR) is 104 cm³/mol. The first-order valence-corrected chi connectivity index (χ1v) is 8.76. The zero-order chi connectivity index (χ0) is 18.2. The number of amides is 1. The Kier molecular flexibility index (Phi) is 6.05. The van der Waals surface area contributed by atoms with Gasteiger partial charge in [0.15, 0.2) is 0 Å². The number of carbonyl (C=O) groups is 1. The Balaban J connectivity index is 1.71. The molecule has 0 aliphatic carbocycles. The molecule has 1 amide bonds. The largest absolute Gasteiger partial charge is 0.496 e. The van der Waals surface area contributed by atoms with E-state index in [-0.39, 0.29) is 11.8 Å². The van der Waals surface area contributed by atoms with Crippen molar-refractivity contribution in [3.8, 4) is 5.75 Å². The molecule has 3 aromatic rings. The molecule has 0 bridgehead atoms. The van der Waals surface area contributed by atoms with Crippen LogP contribution in [0.1, 0.15) is 22.6 Å². The van der Waals surface area contributed by atoms with E-state index in [9.17, 15) is 4.79 Å². The van der Waals surface area contributed by atoms with E-state index in [1.165, 1.54) is 11.1 Å². The molecule has 0 saturated heterocycles. The molecule has 3 heteroatoms. The Bertz CT molecular complexity index is 792. The Morgan fingerprint density at radius 3 is 1.96 bits per heavy atom. The van der Waals surface area contributed by atoms with Crippen molar-refractivity contribution in [3.63, 3.8) is 0 Å². The van der Waals surface area contributed by atoms with E-state index < -0.39 is 0 Å². The first kappa shape index (κ1) is 17.7. The summed E-state index contributed by atoms with van der Waals surface area (Å²) in [5.41, 5.74) is 3.27. The van der Waals surface area contributed by atoms with Crippen LogP contribution in [0.2, 0.25) is 0 Å². The molecule has 132 valence electrons. The lowest BCUT2D eigenvalue weighted by molar-refractivity contribution is -0.120. The van der Waals surface area contributed by atoms with Gasteiger partial charge in [-0.05, 0) is 17.2 Å². The lowest BCUT2D eigenvalue weighted by Gasteiger charge is -2.19. The molecule has 0 spiro atoms. The number of hydrogen-bond acceptors (Lipinski definition) is 2. The number of para-hydroxylation sites is 1. The Labute approximate surface area is 154 Å². The van der Waals surface area contributed by atoms with Crippen molar-refractivity contribution < 1.29 is 9.53 Å². The van der Waals surface area contributed by atoms with Gasteiger partial charge in [-0.15, -0.1) is 0 Å². The summed E-state index contributed by atoms with van der Waals surface area (Å²) in [6.07, 6.45) is 0.306. The van der Waals surface area contributed by atoms with Crippen molar-refractivity contribution in [1.82, 2.24) is 5.32 Å². The van der Waals surface area contributed by atoms with E-state index in [4.69, 9.17) is 4.74 Å². The standard InChI is InChI=1S/C23H23NO2/c1-26-22-15-9-8-14-20(22)16-23(25)24-17-21(18-10-4-2-5-11-18)19-12-6-3-7-13-19/h2-15,21H,16-17H2,1H3,(H,24,25). The number of ether oxygens (including phenoxy) is 1. The van der Waals surface area contributed by atoms with Gasteiger partial charge in [-0.2, -0.15) is 0 Å². The van der Waals surface area contributed by atoms with Gasteiger partial charge in [-0.25, -0.2) is 0 Å². The second-order valence-corrected chi connectivity index (χ2v) is 6.17. The molecule has 0 heterocycles. The van der Waals surface area contributed by atoms with Crippen molar-refractivity contribution in [2.75, 3.05) is 13.7 Å². The molecular formula is C23H23NO2. The van der Waals surface area contributed by atoms with Crippen LogP contribution in [-0.4, -0.2) is 19.6 Å². The number of nitrogens with one attached hydrogen (secondary N) is 1. The smallest absolute Gasteiger partial charge is 0.224 e. The average Bonchev–Trinajstić information content (AvgIpc) is 2.70. The highest BCUT2D eigenvalue weighted by molar-refractivity contribution is 5.79. The molecule has 0 unspecified atom stereocenters. The summed E-state index contributed by atoms with van der Waals surface area (Å²) < 4.78 is 5.33. The van der Waals surface area contributed by atoms with E-state index >= 15 is 0 Å². The maximum Gasteiger partial charge on any atom is 0.224 e. The quantitative estimate of drug-likeness (QED) is 0.697. The van der Waals surface area contributed by atoms with E-state index in [0.717, 1.165) is 11.3 Å². The summed E-state index contributed by atoms with van der Waals surface area (Å²) in [5.74, 6) is 0.857. The molecule has 0 aliphatic rings. The van der Waals surface area contributed by atoms with Gasteiger partial charge in [0.05, 0.1) is 13.5 Å². The monoisotopic (exact) mass is 345 g/mol. The zero-order valence-corrected chi connectivity index (χ0v) is 14.9. The van der Waals surface area contributed by atoms with Gasteiger partial charge in [-0.3, -0.25) is 4.79 Å². The Morgan fingerprint density at radius 2 is 1.38 bits per heavy atom. The molecule has 0 aromatic heterocycles. The normalized spacial score (nSPS) is 10.5. The molecule has 26 heavy (non-hydrogen) atoms. The first-order chi connectivity index (χ1) is 12.8. The van der Waals surface area contributed by atoms with Crippen molar-refractivity contribution in [2.45, 2.75) is 12.3 Å². The Hall–Kier alpha value is -3.07. The van der Waals surface area contributed by atoms with Crippen LogP contribution in [0.5, 0.6) is 5.75 Å². The lowest BCUT2D eigenvalue weighted by atomic mass is 9.91. The third-order valence-corrected chi connectivity index (χ3v) is 4.45. The number of carbonyl (C=O) groups excluding carboxylic acids is 1. The minimum Gasteiger partial charge on any atom is -0.496 e. The fourth-order valence-corrected chi connectivity index (χ4v) is 3.10. The lowest BCUT2D eigenvalue weighted by Crippen LogP contribution is -2.30. The SMILES string of the molecule is COc1ccccc1CC(=O)NCC(c1ccccc1)c1ccccc1. The van der Waals surface area contributed by atoms with Gasteiger partial charge in [0.25, 0.3) is 0 Å². The summed E-state index contributed by atoms with van der Waals surface area (Å²) in [5, 5.41) is 3.09. The molecule has 0 aliphatic heterocycles. The molecule has 0 atom stereocenters. The molecule has 3 aromatic carbocycles. The van der Waals surface area contributed by atoms with Crippen LogP contribution in [0.3, 0.4) is 0 Å². The topological polar surface area (TPSA) is 38.3 Å². The summed E-state index contributed by atoms with van der Waals surface area (Å²) in [6, 6.07) is 28.2. The maximum absolute atomic E-state index is 12.5. The fourth-order valence-electron chi connectivity index (χ4n) is 3.10. The summed E-state index contributed by atoms with van der Waals surface area (Å²) in [4.78, 5) is 12.5. The van der Waals surface area contributed by atoms with Crippen LogP contribution in [0, 0.1) is 0 Å². The molecule has 1 N–H and O–H groups in total. The first-order valence-electron chi connectivity index (χ1n) is 8.76. The maximum atomic E-state index is 12.5. The van der Waals surface area contributed by atoms with E-state index in [2.05, 4.69) is 29.6 Å². The number of hydrogen-bond donors (Lipinski definition) is 1. The summed E-state index contributed by atoms with van der Waals surface area (Å²) >= 11 is 0. The predicted octanol–water partition coefficient (Wildman–Crippen LogP) is 4.19. The van der Waals surface area contributed by atoms with Crippen molar-refractivity contribution in [2.24, 2.45) is 0 Å². The van der Waals surface area contributed by atoms with Crippen LogP contribution in [0.4, 0.5) is 0 Å². The molecule has 0 saturated carbocycles. The van der Waals surface area contributed by atoms with E-state index in [0.29, 0.717) is 13.0 Å². The molecule has 3 nitrogen and oxygen atoms in total. The van der Waals surface area contributed by atoms with Gasteiger partial charge in [-0.1, -0.05) is 78.9 Å². The number of benzene rings is 3. The highest BCUT2D eigenvalue weighted by Gasteiger charge is 2.16. The van der Waals surface area contributed by atoms with Crippen LogP contribution in [-0.2, 0) is 11.2 Å². The highest BCUT2D eigenvalue weighted by atomic mass is 16.5. The minimum absolute atomic E-state index is 0.00800. The second-order valence-electron chi connectivity index (χ2n) is 6.17. The van der Waals surface area contributed by atoms with E-state index in [1.54, 1.807) is 7.11 Å². The van der Waals surface area contributed by atoms with Crippen LogP contribution < -0.4 is 10.1 Å². The van der Waals surface area contributed by atoms with E-state index in [1.807, 2.05) is 60.7 Å². The average molecular weight is 345 g/mol. The summed E-state index contributed by atoms with van der Waals surface area (Å²) in [6.45, 7) is 0.558. The van der Waals surface area contributed by atoms with Crippen molar-refractivity contribution >= 4 is 5.91 Å². The zero-order valence-electron chi connectivity index (χ0n) is 14.9. The minimum atomic E-state index is -0.00800. The van der Waals surface area contributed by atoms with Gasteiger partial charge in [0.1, 0.15) is 5.75 Å². The Morgan fingerprint density at radius 1 is 0.846 bits per heavy atom. The van der Waals surface area contributed by atoms with Crippen LogP contribution in [0.25, 0.3) is 0 Å². The number of methoxy groups -OCH3 is 1. The van der Waals surface area contributed by atoms with Crippen molar-refractivity contribution in [1.29, 1.82) is 0 Å². The van der Waals surface area contributed by atoms with Gasteiger partial charge in [0, 0.05) is 18.0 Å². The molecule has 3 rings (SSSR count). The summed E-state index contributed by atoms with van der Waals surface area (Å²) in [7, 11) is 1.62. The van der Waals surface area contributed by atoms with Gasteiger partial charge in [0.2, 0.25) is 5.91 Å². The third kappa shape index (κ3) is 4.51. The second kappa shape index (κ2) is 8.86. The van der Waals surface area contributed by atoms with Gasteiger partial charge >= 0.3 is 0 Å². The van der Waals surface area contributed by atoms with Crippen LogP contribution in [0.15, 0.2) is 84.9 Å². The highest BCUT2D eigenvalue weighted by Crippen LogP contribution is 2.24. The molecule has 0 fully saturated rings. The fraction of sp³-hybridized carbons (Fsp3) is 0.174.